The largest absolute Gasteiger partial charge is 0.494 e. The molecule has 0 radical (unpaired) electrons. The lowest BCUT2D eigenvalue weighted by Gasteiger charge is -2.15. The van der Waals surface area contributed by atoms with Gasteiger partial charge in [-0.25, -0.2) is 0 Å². The Morgan fingerprint density at radius 1 is 1.07 bits per heavy atom. The molecule has 1 heterocycles. The number of nitrogens with one attached hydrogen (secondary N) is 1. The highest BCUT2D eigenvalue weighted by Gasteiger charge is 2.35. The third-order valence-electron chi connectivity index (χ3n) is 4.18. The van der Waals surface area contributed by atoms with E-state index in [9.17, 15) is 14.4 Å². The van der Waals surface area contributed by atoms with Crippen LogP contribution in [0.1, 0.15) is 51.8 Å². The molecule has 0 saturated carbocycles. The van der Waals surface area contributed by atoms with Crippen LogP contribution in [0.5, 0.6) is 5.75 Å². The summed E-state index contributed by atoms with van der Waals surface area (Å²) in [6, 6.07) is 11.6. The molecule has 0 bridgehead atoms. The van der Waals surface area contributed by atoms with Gasteiger partial charge in [0.1, 0.15) is 5.75 Å². The number of ether oxygens (including phenoxy) is 1. The molecule has 1 aliphatic heterocycles. The molecule has 3 amide bonds. The van der Waals surface area contributed by atoms with E-state index in [1.54, 1.807) is 42.5 Å². The first kappa shape index (κ1) is 18.6. The average molecular weight is 366 g/mol. The lowest BCUT2D eigenvalue weighted by Crippen LogP contribution is -2.33. The van der Waals surface area contributed by atoms with Crippen LogP contribution < -0.4 is 10.1 Å². The summed E-state index contributed by atoms with van der Waals surface area (Å²) in [5, 5.41) is 2.77. The summed E-state index contributed by atoms with van der Waals surface area (Å²) in [7, 11) is 0. The second kappa shape index (κ2) is 7.61. The fourth-order valence-electron chi connectivity index (χ4n) is 3.00. The monoisotopic (exact) mass is 366 g/mol. The van der Waals surface area contributed by atoms with E-state index in [1.807, 2.05) is 20.8 Å². The highest BCUT2D eigenvalue weighted by molar-refractivity contribution is 6.22. The number of fused-ring (bicyclic) bond motifs is 1. The summed E-state index contributed by atoms with van der Waals surface area (Å²) in [4.78, 5) is 38.7. The van der Waals surface area contributed by atoms with Crippen LogP contribution in [-0.2, 0) is 0 Å². The van der Waals surface area contributed by atoms with Crippen molar-refractivity contribution < 1.29 is 19.1 Å². The molecule has 6 heteroatoms. The van der Waals surface area contributed by atoms with Crippen LogP contribution in [-0.4, -0.2) is 35.8 Å². The topological polar surface area (TPSA) is 75.7 Å². The molecule has 0 aliphatic carbocycles. The Kier molecular flexibility index (Phi) is 5.26. The molecular weight excluding hydrogens is 344 g/mol. The van der Waals surface area contributed by atoms with Crippen molar-refractivity contribution in [3.05, 3.63) is 59.2 Å². The summed E-state index contributed by atoms with van der Waals surface area (Å²) < 4.78 is 5.41. The van der Waals surface area contributed by atoms with Crippen LogP contribution >= 0.6 is 0 Å². The van der Waals surface area contributed by atoms with Gasteiger partial charge in [-0.05, 0) is 49.2 Å². The smallest absolute Gasteiger partial charge is 0.261 e. The van der Waals surface area contributed by atoms with E-state index in [0.29, 0.717) is 41.3 Å². The van der Waals surface area contributed by atoms with Crippen molar-refractivity contribution in [1.82, 2.24) is 4.90 Å². The van der Waals surface area contributed by atoms with Crippen LogP contribution in [0.3, 0.4) is 0 Å². The quantitative estimate of drug-likeness (QED) is 0.793. The van der Waals surface area contributed by atoms with Gasteiger partial charge < -0.3 is 10.1 Å². The summed E-state index contributed by atoms with van der Waals surface area (Å²) in [5.41, 5.74) is 1.61. The Morgan fingerprint density at radius 3 is 2.52 bits per heavy atom. The van der Waals surface area contributed by atoms with E-state index >= 15 is 0 Å². The fourth-order valence-corrected chi connectivity index (χ4v) is 3.00. The van der Waals surface area contributed by atoms with Crippen molar-refractivity contribution in [3.8, 4) is 5.75 Å². The fraction of sp³-hybridized carbons (Fsp3) is 0.286. The van der Waals surface area contributed by atoms with Crippen LogP contribution in [0.15, 0.2) is 42.5 Å². The first-order valence-electron chi connectivity index (χ1n) is 8.95. The Hall–Kier alpha value is -3.15. The van der Waals surface area contributed by atoms with Gasteiger partial charge in [-0.15, -0.1) is 0 Å². The highest BCUT2D eigenvalue weighted by atomic mass is 16.5. The molecule has 2 aromatic rings. The van der Waals surface area contributed by atoms with E-state index in [-0.39, 0.29) is 23.6 Å². The summed E-state index contributed by atoms with van der Waals surface area (Å²) >= 11 is 0. The number of carbonyl (C=O) groups is 3. The van der Waals surface area contributed by atoms with E-state index < -0.39 is 0 Å². The number of hydrogen-bond acceptors (Lipinski definition) is 4. The number of imide groups is 1. The number of nitrogens with zero attached hydrogens (tertiary/aromatic N) is 1. The van der Waals surface area contributed by atoms with Gasteiger partial charge in [-0.3, -0.25) is 19.3 Å². The van der Waals surface area contributed by atoms with Crippen LogP contribution in [0.4, 0.5) is 5.69 Å². The Labute approximate surface area is 158 Å². The number of hydrogen-bond donors (Lipinski definition) is 1. The molecule has 3 rings (SSSR count). The molecular formula is C21H22N2O4. The summed E-state index contributed by atoms with van der Waals surface area (Å²) in [6.45, 7) is 6.66. The van der Waals surface area contributed by atoms with Crippen LogP contribution in [0.25, 0.3) is 0 Å². The molecule has 0 fully saturated rings. The van der Waals surface area contributed by atoms with Gasteiger partial charge in [0.2, 0.25) is 0 Å². The first-order valence-corrected chi connectivity index (χ1v) is 8.95. The molecule has 6 nitrogen and oxygen atoms in total. The zero-order valence-electron chi connectivity index (χ0n) is 15.6. The molecule has 0 unspecified atom stereocenters. The van der Waals surface area contributed by atoms with Crippen LogP contribution in [0, 0.1) is 5.92 Å². The molecule has 1 aliphatic rings. The standard InChI is InChI=1S/C21H22N2O4/c1-4-27-16-7-5-6-14(10-16)19(24)22-15-8-9-17-18(11-15)21(26)23(20(17)25)12-13(2)3/h5-11,13H,4,12H2,1-3H3,(H,22,24). The number of benzene rings is 2. The van der Waals surface area contributed by atoms with Gasteiger partial charge in [0, 0.05) is 17.8 Å². The third-order valence-corrected chi connectivity index (χ3v) is 4.18. The summed E-state index contributed by atoms with van der Waals surface area (Å²) in [5.74, 6) is -0.121. The van der Waals surface area contributed by atoms with Crippen molar-refractivity contribution in [1.29, 1.82) is 0 Å². The number of rotatable bonds is 6. The minimum absolute atomic E-state index is 0.184. The van der Waals surface area contributed by atoms with Crippen molar-refractivity contribution in [2.45, 2.75) is 20.8 Å². The normalized spacial score (nSPS) is 13.1. The van der Waals surface area contributed by atoms with Crippen molar-refractivity contribution in [2.75, 3.05) is 18.5 Å². The minimum atomic E-state index is -0.321. The Balaban J connectivity index is 1.80. The van der Waals surface area contributed by atoms with Gasteiger partial charge in [0.15, 0.2) is 0 Å². The number of carbonyl (C=O) groups excluding carboxylic acids is 3. The predicted molar refractivity (Wildman–Crippen MR) is 102 cm³/mol. The van der Waals surface area contributed by atoms with E-state index in [4.69, 9.17) is 4.74 Å². The average Bonchev–Trinajstić information content (AvgIpc) is 2.86. The van der Waals surface area contributed by atoms with Crippen LogP contribution in [0.2, 0.25) is 0 Å². The third kappa shape index (κ3) is 3.84. The zero-order chi connectivity index (χ0) is 19.6. The van der Waals surface area contributed by atoms with Gasteiger partial charge in [0.25, 0.3) is 17.7 Å². The maximum absolute atomic E-state index is 12.5. The first-order chi connectivity index (χ1) is 12.9. The molecule has 1 N–H and O–H groups in total. The number of amides is 3. The van der Waals surface area contributed by atoms with E-state index in [0.717, 1.165) is 0 Å². The van der Waals surface area contributed by atoms with Gasteiger partial charge >= 0.3 is 0 Å². The SMILES string of the molecule is CCOc1cccc(C(=O)Nc2ccc3c(c2)C(=O)N(CC(C)C)C3=O)c1. The van der Waals surface area contributed by atoms with Gasteiger partial charge in [0.05, 0.1) is 17.7 Å². The lowest BCUT2D eigenvalue weighted by molar-refractivity contribution is 0.0636. The van der Waals surface area contributed by atoms with E-state index in [2.05, 4.69) is 5.32 Å². The second-order valence-electron chi connectivity index (χ2n) is 6.79. The Bertz CT molecular complexity index is 905. The van der Waals surface area contributed by atoms with Gasteiger partial charge in [-0.1, -0.05) is 19.9 Å². The lowest BCUT2D eigenvalue weighted by atomic mass is 10.1. The predicted octanol–water partition coefficient (Wildman–Crippen LogP) is 3.59. The van der Waals surface area contributed by atoms with Crippen molar-refractivity contribution >= 4 is 23.4 Å². The number of anilines is 1. The molecule has 0 spiro atoms. The molecule has 0 atom stereocenters. The van der Waals surface area contributed by atoms with Crippen molar-refractivity contribution in [3.63, 3.8) is 0 Å². The van der Waals surface area contributed by atoms with Gasteiger partial charge in [-0.2, -0.15) is 0 Å². The highest BCUT2D eigenvalue weighted by Crippen LogP contribution is 2.27. The summed E-state index contributed by atoms with van der Waals surface area (Å²) in [6.07, 6.45) is 0. The Morgan fingerprint density at radius 2 is 1.81 bits per heavy atom. The molecule has 140 valence electrons. The maximum Gasteiger partial charge on any atom is 0.261 e. The molecule has 2 aromatic carbocycles. The molecule has 27 heavy (non-hydrogen) atoms. The zero-order valence-corrected chi connectivity index (χ0v) is 15.6. The minimum Gasteiger partial charge on any atom is -0.494 e. The van der Waals surface area contributed by atoms with Crippen molar-refractivity contribution in [2.24, 2.45) is 5.92 Å². The molecule has 0 saturated heterocycles. The maximum atomic E-state index is 12.5. The molecule has 0 aromatic heterocycles. The van der Waals surface area contributed by atoms with E-state index in [1.165, 1.54) is 4.90 Å². The second-order valence-corrected chi connectivity index (χ2v) is 6.79.